The molecule has 1 N–H and O–H groups in total. The predicted octanol–water partition coefficient (Wildman–Crippen LogP) is 3.69. The Bertz CT molecular complexity index is 694. The van der Waals surface area contributed by atoms with E-state index >= 15 is 0 Å². The van der Waals surface area contributed by atoms with Crippen molar-refractivity contribution >= 4 is 5.97 Å². The maximum Gasteiger partial charge on any atom is 0.338 e. The molecular formula is C21H29NO4. The molecule has 2 bridgehead atoms. The first-order chi connectivity index (χ1) is 12.4. The minimum atomic E-state index is -0.337. The van der Waals surface area contributed by atoms with Gasteiger partial charge in [0.1, 0.15) is 6.10 Å². The molecule has 3 rings (SSSR count). The van der Waals surface area contributed by atoms with Gasteiger partial charge in [0.25, 0.3) is 0 Å². The Balaban J connectivity index is 1.76. The number of rotatable bonds is 5. The fourth-order valence-electron chi connectivity index (χ4n) is 4.09. The predicted molar refractivity (Wildman–Crippen MR) is 101 cm³/mol. The average molecular weight is 359 g/mol. The molecule has 2 heterocycles. The number of esters is 1. The van der Waals surface area contributed by atoms with Crippen LogP contribution in [0.1, 0.15) is 55.5 Å². The monoisotopic (exact) mass is 359 g/mol. The Morgan fingerprint density at radius 3 is 2.50 bits per heavy atom. The van der Waals surface area contributed by atoms with Crippen LogP contribution in [0.2, 0.25) is 0 Å². The van der Waals surface area contributed by atoms with Gasteiger partial charge in [0.2, 0.25) is 0 Å². The van der Waals surface area contributed by atoms with Gasteiger partial charge in [-0.3, -0.25) is 0 Å². The van der Waals surface area contributed by atoms with Crippen LogP contribution in [0.3, 0.4) is 0 Å². The first-order valence-corrected chi connectivity index (χ1v) is 9.35. The number of nitrogens with zero attached hydrogens (tertiary/aromatic N) is 1. The molecule has 0 spiro atoms. The highest BCUT2D eigenvalue weighted by molar-refractivity contribution is 5.91. The summed E-state index contributed by atoms with van der Waals surface area (Å²) >= 11 is 0. The standard InChI is InChI=1S/C21H29NO4/c1-13(2)5-6-14-9-15(10-19(25-4)20(14)23)21(24)26-18-11-16-7-8-17(12-18)22(16)3/h5,9-10,16-18,23H,6-8,11-12H2,1-4H3/t16-,17+,18?. The van der Waals surface area contributed by atoms with Gasteiger partial charge in [-0.25, -0.2) is 4.79 Å². The van der Waals surface area contributed by atoms with Gasteiger partial charge < -0.3 is 19.5 Å². The molecule has 1 unspecified atom stereocenters. The zero-order valence-electron chi connectivity index (χ0n) is 16.1. The van der Waals surface area contributed by atoms with E-state index in [2.05, 4.69) is 11.9 Å². The van der Waals surface area contributed by atoms with Crippen LogP contribution in [0.5, 0.6) is 11.5 Å². The van der Waals surface area contributed by atoms with Crippen LogP contribution < -0.4 is 4.74 Å². The summed E-state index contributed by atoms with van der Waals surface area (Å²) in [5.41, 5.74) is 2.25. The molecule has 2 saturated heterocycles. The van der Waals surface area contributed by atoms with Gasteiger partial charge in [-0.15, -0.1) is 0 Å². The van der Waals surface area contributed by atoms with E-state index in [9.17, 15) is 9.90 Å². The summed E-state index contributed by atoms with van der Waals surface area (Å²) in [7, 11) is 3.66. The lowest BCUT2D eigenvalue weighted by molar-refractivity contribution is -0.000487. The minimum Gasteiger partial charge on any atom is -0.504 e. The molecule has 2 aliphatic heterocycles. The van der Waals surface area contributed by atoms with Crippen molar-refractivity contribution in [1.82, 2.24) is 4.90 Å². The van der Waals surface area contributed by atoms with Crippen molar-refractivity contribution in [2.24, 2.45) is 0 Å². The third-order valence-electron chi connectivity index (χ3n) is 5.67. The van der Waals surface area contributed by atoms with Gasteiger partial charge in [-0.1, -0.05) is 11.6 Å². The Labute approximate surface area is 155 Å². The molecule has 3 atom stereocenters. The molecule has 142 valence electrons. The Hall–Kier alpha value is -2.01. The van der Waals surface area contributed by atoms with Gasteiger partial charge in [-0.2, -0.15) is 0 Å². The maximum absolute atomic E-state index is 12.7. The Morgan fingerprint density at radius 1 is 1.27 bits per heavy atom. The number of hydrogen-bond acceptors (Lipinski definition) is 5. The van der Waals surface area contributed by atoms with Crippen LogP contribution in [0.25, 0.3) is 0 Å². The molecule has 1 aromatic rings. The largest absolute Gasteiger partial charge is 0.504 e. The van der Waals surface area contributed by atoms with Crippen LogP contribution in [0, 0.1) is 0 Å². The number of allylic oxidation sites excluding steroid dienone is 2. The lowest BCUT2D eigenvalue weighted by atomic mass is 10.00. The van der Waals surface area contributed by atoms with Crippen LogP contribution in [-0.2, 0) is 11.2 Å². The van der Waals surface area contributed by atoms with Crippen LogP contribution in [0.4, 0.5) is 0 Å². The number of ether oxygens (including phenoxy) is 2. The molecule has 0 radical (unpaired) electrons. The van der Waals surface area contributed by atoms with Gasteiger partial charge in [0, 0.05) is 30.5 Å². The zero-order valence-corrected chi connectivity index (χ0v) is 16.1. The molecule has 5 heteroatoms. The zero-order chi connectivity index (χ0) is 18.8. The first kappa shape index (κ1) is 18.8. The molecule has 5 nitrogen and oxygen atoms in total. The van der Waals surface area contributed by atoms with Crippen LogP contribution >= 0.6 is 0 Å². The highest BCUT2D eigenvalue weighted by atomic mass is 16.5. The number of fused-ring (bicyclic) bond motifs is 2. The number of phenolic OH excluding ortho intramolecular Hbond substituents is 1. The molecule has 0 aromatic heterocycles. The number of piperidine rings is 1. The van der Waals surface area contributed by atoms with E-state index in [1.54, 1.807) is 12.1 Å². The van der Waals surface area contributed by atoms with Crippen LogP contribution in [0.15, 0.2) is 23.8 Å². The quantitative estimate of drug-likeness (QED) is 0.642. The van der Waals surface area contributed by atoms with Crippen molar-refractivity contribution in [1.29, 1.82) is 0 Å². The number of carbonyl (C=O) groups is 1. The topological polar surface area (TPSA) is 59.0 Å². The van der Waals surface area contributed by atoms with E-state index in [4.69, 9.17) is 9.47 Å². The third kappa shape index (κ3) is 3.88. The summed E-state index contributed by atoms with van der Waals surface area (Å²) in [6, 6.07) is 4.32. The van der Waals surface area contributed by atoms with Crippen molar-refractivity contribution in [2.75, 3.05) is 14.2 Å². The lowest BCUT2D eigenvalue weighted by Gasteiger charge is -2.35. The Morgan fingerprint density at radius 2 is 1.92 bits per heavy atom. The van der Waals surface area contributed by atoms with E-state index in [0.717, 1.165) is 18.4 Å². The van der Waals surface area contributed by atoms with Gasteiger partial charge in [0.05, 0.1) is 12.7 Å². The van der Waals surface area contributed by atoms with E-state index in [0.29, 0.717) is 35.4 Å². The second kappa shape index (κ2) is 7.70. The normalized spacial score (nSPS) is 25.0. The summed E-state index contributed by atoms with van der Waals surface area (Å²) in [5.74, 6) is 0.0506. The van der Waals surface area contributed by atoms with Gasteiger partial charge >= 0.3 is 5.97 Å². The lowest BCUT2D eigenvalue weighted by Crippen LogP contribution is -2.43. The van der Waals surface area contributed by atoms with Crippen molar-refractivity contribution in [3.63, 3.8) is 0 Å². The molecule has 1 aromatic carbocycles. The maximum atomic E-state index is 12.7. The SMILES string of the molecule is COc1cc(C(=O)OC2C[C@H]3CC[C@@H](C2)N3C)cc(CC=C(C)C)c1O. The summed E-state index contributed by atoms with van der Waals surface area (Å²) < 4.78 is 11.1. The number of benzene rings is 1. The smallest absolute Gasteiger partial charge is 0.338 e. The minimum absolute atomic E-state index is 0.0303. The summed E-state index contributed by atoms with van der Waals surface area (Å²) in [5, 5.41) is 10.3. The molecule has 2 aliphatic rings. The van der Waals surface area contributed by atoms with Gasteiger partial charge in [0.15, 0.2) is 11.5 Å². The molecular weight excluding hydrogens is 330 g/mol. The molecule has 26 heavy (non-hydrogen) atoms. The van der Waals surface area contributed by atoms with E-state index in [1.165, 1.54) is 20.0 Å². The van der Waals surface area contributed by atoms with Crippen molar-refractivity contribution in [3.8, 4) is 11.5 Å². The van der Waals surface area contributed by atoms with E-state index < -0.39 is 0 Å². The van der Waals surface area contributed by atoms with Crippen LogP contribution in [-0.4, -0.2) is 48.3 Å². The first-order valence-electron chi connectivity index (χ1n) is 9.35. The summed E-state index contributed by atoms with van der Waals surface area (Å²) in [6.07, 6.45) is 6.71. The average Bonchev–Trinajstić information content (AvgIpc) is 2.82. The van der Waals surface area contributed by atoms with Crippen molar-refractivity contribution < 1.29 is 19.4 Å². The van der Waals surface area contributed by atoms with Crippen molar-refractivity contribution in [3.05, 3.63) is 34.9 Å². The number of carbonyl (C=O) groups excluding carboxylic acids is 1. The third-order valence-corrected chi connectivity index (χ3v) is 5.67. The highest BCUT2D eigenvalue weighted by Crippen LogP contribution is 2.36. The summed E-state index contributed by atoms with van der Waals surface area (Å²) in [4.78, 5) is 15.1. The summed E-state index contributed by atoms with van der Waals surface area (Å²) in [6.45, 7) is 4.00. The second-order valence-corrected chi connectivity index (χ2v) is 7.72. The Kier molecular flexibility index (Phi) is 5.56. The van der Waals surface area contributed by atoms with E-state index in [-0.39, 0.29) is 17.8 Å². The molecule has 2 fully saturated rings. The van der Waals surface area contributed by atoms with E-state index in [1.807, 2.05) is 19.9 Å². The number of methoxy groups -OCH3 is 1. The van der Waals surface area contributed by atoms with Gasteiger partial charge in [-0.05, 0) is 52.3 Å². The highest BCUT2D eigenvalue weighted by Gasteiger charge is 2.40. The fraction of sp³-hybridized carbons (Fsp3) is 0.571. The second-order valence-electron chi connectivity index (χ2n) is 7.72. The number of phenols is 1. The number of aromatic hydroxyl groups is 1. The number of hydrogen-bond donors (Lipinski definition) is 1. The molecule has 0 amide bonds. The fourth-order valence-corrected chi connectivity index (χ4v) is 4.09. The molecule has 0 aliphatic carbocycles. The van der Waals surface area contributed by atoms with Crippen molar-refractivity contribution in [2.45, 2.75) is 64.1 Å². The molecule has 0 saturated carbocycles.